The molecule has 3 aromatic rings. The Balaban J connectivity index is 1.60. The minimum absolute atomic E-state index is 0.325. The van der Waals surface area contributed by atoms with Gasteiger partial charge in [-0.2, -0.15) is 8.42 Å². The molecule has 1 fully saturated rings. The molecular formula is C16H17ClN6O6S. The van der Waals surface area contributed by atoms with Gasteiger partial charge in [0.15, 0.2) is 23.2 Å². The number of benzene rings is 1. The number of anilines is 2. The van der Waals surface area contributed by atoms with E-state index in [0.717, 1.165) is 5.69 Å². The monoisotopic (exact) mass is 456 g/mol. The van der Waals surface area contributed by atoms with E-state index in [2.05, 4.69) is 24.5 Å². The summed E-state index contributed by atoms with van der Waals surface area (Å²) in [5.41, 5.74) is 1.44. The number of aliphatic hydroxyl groups excluding tert-OH is 2. The van der Waals surface area contributed by atoms with Crippen LogP contribution in [-0.4, -0.2) is 63.1 Å². The molecule has 1 saturated heterocycles. The quantitative estimate of drug-likeness (QED) is 0.397. The first-order valence-electron chi connectivity index (χ1n) is 8.62. The first-order valence-corrected chi connectivity index (χ1v) is 10.5. The summed E-state index contributed by atoms with van der Waals surface area (Å²) < 4.78 is 33.4. The summed E-state index contributed by atoms with van der Waals surface area (Å²) in [5, 5.41) is 29.1. The Morgan fingerprint density at radius 3 is 2.63 bits per heavy atom. The second-order valence-corrected chi connectivity index (χ2v) is 8.16. The van der Waals surface area contributed by atoms with Crippen molar-refractivity contribution >= 4 is 44.6 Å². The van der Waals surface area contributed by atoms with Crippen molar-refractivity contribution in [2.45, 2.75) is 24.5 Å². The molecule has 3 heterocycles. The maximum atomic E-state index is 11.0. The van der Waals surface area contributed by atoms with Crippen LogP contribution >= 0.6 is 11.6 Å². The molecule has 0 aliphatic carbocycles. The topological polar surface area (TPSA) is 175 Å². The lowest BCUT2D eigenvalue weighted by atomic mass is 10.1. The minimum atomic E-state index is -4.23. The third kappa shape index (κ3) is 4.22. The Morgan fingerprint density at radius 2 is 1.93 bits per heavy atom. The van der Waals surface area contributed by atoms with Crippen molar-refractivity contribution in [1.82, 2.24) is 19.5 Å². The summed E-state index contributed by atoms with van der Waals surface area (Å²) in [4.78, 5) is 12.6. The molecule has 160 valence electrons. The van der Waals surface area contributed by atoms with Gasteiger partial charge in [-0.25, -0.2) is 20.1 Å². The highest BCUT2D eigenvalue weighted by atomic mass is 35.5. The molecule has 1 aliphatic rings. The van der Waals surface area contributed by atoms with E-state index in [-0.39, 0.29) is 0 Å². The highest BCUT2D eigenvalue weighted by Gasteiger charge is 2.45. The maximum Gasteiger partial charge on any atom is 0.333 e. The number of hydrogen-bond donors (Lipinski definition) is 4. The van der Waals surface area contributed by atoms with Gasteiger partial charge in [-0.15, -0.1) is 0 Å². The van der Waals surface area contributed by atoms with E-state index in [1.807, 2.05) is 0 Å². The molecule has 0 amide bonds. The number of rotatable bonds is 6. The lowest BCUT2D eigenvalue weighted by Crippen LogP contribution is -2.35. The van der Waals surface area contributed by atoms with Gasteiger partial charge in [-0.05, 0) is 24.3 Å². The summed E-state index contributed by atoms with van der Waals surface area (Å²) >= 11 is 5.89. The number of nitrogens with two attached hydrogens (primary N) is 1. The zero-order chi connectivity index (χ0) is 21.5. The normalized spacial score (nSPS) is 24.4. The average molecular weight is 457 g/mol. The fourth-order valence-corrected chi connectivity index (χ4v) is 3.51. The Morgan fingerprint density at radius 1 is 1.20 bits per heavy atom. The molecule has 4 atom stereocenters. The van der Waals surface area contributed by atoms with Gasteiger partial charge in [-0.1, -0.05) is 11.6 Å². The van der Waals surface area contributed by atoms with Gasteiger partial charge in [0.2, 0.25) is 0 Å². The number of nitrogens with zero attached hydrogens (tertiary/aromatic N) is 4. The summed E-state index contributed by atoms with van der Waals surface area (Å²) in [6, 6.07) is 6.97. The summed E-state index contributed by atoms with van der Waals surface area (Å²) in [5.74, 6) is 0.406. The lowest BCUT2D eigenvalue weighted by molar-refractivity contribution is -0.0467. The smallest absolute Gasteiger partial charge is 0.333 e. The van der Waals surface area contributed by atoms with Crippen molar-refractivity contribution in [1.29, 1.82) is 0 Å². The lowest BCUT2D eigenvalue weighted by Gasteiger charge is -2.16. The van der Waals surface area contributed by atoms with E-state index in [9.17, 15) is 18.6 Å². The van der Waals surface area contributed by atoms with Crippen LogP contribution in [0.4, 0.5) is 11.5 Å². The van der Waals surface area contributed by atoms with E-state index in [1.165, 1.54) is 17.2 Å². The van der Waals surface area contributed by atoms with Crippen LogP contribution in [0, 0.1) is 0 Å². The molecule has 0 unspecified atom stereocenters. The zero-order valence-electron chi connectivity index (χ0n) is 15.2. The fraction of sp³-hybridized carbons (Fsp3) is 0.312. The zero-order valence-corrected chi connectivity index (χ0v) is 16.7. The molecule has 5 N–H and O–H groups in total. The fourth-order valence-electron chi connectivity index (χ4n) is 3.06. The Labute approximate surface area is 175 Å². The first kappa shape index (κ1) is 20.9. The molecule has 0 bridgehead atoms. The molecule has 30 heavy (non-hydrogen) atoms. The van der Waals surface area contributed by atoms with Gasteiger partial charge < -0.3 is 20.3 Å². The molecule has 0 radical (unpaired) electrons. The van der Waals surface area contributed by atoms with Crippen LogP contribution in [0.15, 0.2) is 36.9 Å². The van der Waals surface area contributed by atoms with Gasteiger partial charge in [0, 0.05) is 10.7 Å². The van der Waals surface area contributed by atoms with Crippen LogP contribution in [0.25, 0.3) is 11.2 Å². The molecular weight excluding hydrogens is 440 g/mol. The van der Waals surface area contributed by atoms with Crippen molar-refractivity contribution in [3.63, 3.8) is 0 Å². The SMILES string of the molecule is NS(=O)(=O)OC[C@H]1O[C@@H](n2cnc3c(Nc4ccc(Cl)cc4)ncnc32)[C@H](O)[C@@H]1O. The third-order valence-corrected chi connectivity index (χ3v) is 5.19. The molecule has 0 spiro atoms. The molecule has 4 rings (SSSR count). The highest BCUT2D eigenvalue weighted by molar-refractivity contribution is 7.84. The number of hydrogen-bond acceptors (Lipinski definition) is 10. The van der Waals surface area contributed by atoms with E-state index >= 15 is 0 Å². The van der Waals surface area contributed by atoms with Gasteiger partial charge in [0.1, 0.15) is 24.6 Å². The average Bonchev–Trinajstić information content (AvgIpc) is 3.24. The molecule has 12 nitrogen and oxygen atoms in total. The number of imidazole rings is 1. The first-order chi connectivity index (χ1) is 14.2. The van der Waals surface area contributed by atoms with Crippen LogP contribution in [0.3, 0.4) is 0 Å². The summed E-state index contributed by atoms with van der Waals surface area (Å²) in [6.45, 7) is -0.557. The standard InChI is InChI=1S/C16H17ClN6O6S/c17-8-1-3-9(4-2-8)22-14-11-15(20-6-19-14)23(7-21-11)16-13(25)12(24)10(29-16)5-28-30(18,26)27/h1-4,6-7,10,12-13,16,24-25H,5H2,(H2,18,26,27)(H,19,20,22)/t10-,12-,13-,16-/m1/s1. The Bertz CT molecular complexity index is 1160. The van der Waals surface area contributed by atoms with Crippen molar-refractivity contribution in [2.75, 3.05) is 11.9 Å². The van der Waals surface area contributed by atoms with Crippen molar-refractivity contribution in [3.8, 4) is 0 Å². The van der Waals surface area contributed by atoms with Gasteiger partial charge in [-0.3, -0.25) is 8.75 Å². The molecule has 14 heteroatoms. The van der Waals surface area contributed by atoms with Gasteiger partial charge in [0.25, 0.3) is 0 Å². The number of nitrogens with one attached hydrogen (secondary N) is 1. The van der Waals surface area contributed by atoms with Crippen LogP contribution in [0.5, 0.6) is 0 Å². The van der Waals surface area contributed by atoms with E-state index in [4.69, 9.17) is 21.5 Å². The van der Waals surface area contributed by atoms with Crippen LogP contribution in [0.2, 0.25) is 5.02 Å². The molecule has 2 aromatic heterocycles. The Kier molecular flexibility index (Phi) is 5.59. The number of ether oxygens (including phenoxy) is 1. The minimum Gasteiger partial charge on any atom is -0.387 e. The van der Waals surface area contributed by atoms with Crippen molar-refractivity contribution < 1.29 is 27.6 Å². The number of fused-ring (bicyclic) bond motifs is 1. The number of aliphatic hydroxyl groups is 2. The van der Waals surface area contributed by atoms with Crippen LogP contribution in [-0.2, 0) is 19.2 Å². The maximum absolute atomic E-state index is 11.0. The third-order valence-electron chi connectivity index (χ3n) is 4.47. The van der Waals surface area contributed by atoms with Crippen molar-refractivity contribution in [2.24, 2.45) is 5.14 Å². The number of halogens is 1. The van der Waals surface area contributed by atoms with Crippen molar-refractivity contribution in [3.05, 3.63) is 41.9 Å². The van der Waals surface area contributed by atoms with E-state index in [0.29, 0.717) is 22.0 Å². The van der Waals surface area contributed by atoms with Gasteiger partial charge in [0.05, 0.1) is 12.9 Å². The van der Waals surface area contributed by atoms with Gasteiger partial charge >= 0.3 is 10.3 Å². The predicted molar refractivity (Wildman–Crippen MR) is 105 cm³/mol. The molecule has 1 aromatic carbocycles. The largest absolute Gasteiger partial charge is 0.387 e. The summed E-state index contributed by atoms with van der Waals surface area (Å²) in [6.07, 6.45) is -2.35. The summed E-state index contributed by atoms with van der Waals surface area (Å²) in [7, 11) is -4.23. The molecule has 1 aliphatic heterocycles. The Hall–Kier alpha value is -2.39. The van der Waals surface area contributed by atoms with Crippen LogP contribution < -0.4 is 10.5 Å². The predicted octanol–water partition coefficient (Wildman–Crippen LogP) is 0.0626. The second-order valence-electron chi connectivity index (χ2n) is 6.50. The number of aromatic nitrogens is 4. The molecule has 0 saturated carbocycles. The van der Waals surface area contributed by atoms with Crippen LogP contribution in [0.1, 0.15) is 6.23 Å². The van der Waals surface area contributed by atoms with E-state index in [1.54, 1.807) is 24.3 Å². The highest BCUT2D eigenvalue weighted by Crippen LogP contribution is 2.33. The second kappa shape index (κ2) is 8.03. The van der Waals surface area contributed by atoms with E-state index < -0.39 is 41.5 Å².